The Morgan fingerprint density at radius 3 is 1.07 bits per heavy atom. The van der Waals surface area contributed by atoms with Crippen LogP contribution in [0, 0.1) is 5.41 Å². The first kappa shape index (κ1) is 40.9. The lowest BCUT2D eigenvalue weighted by molar-refractivity contribution is -0.197. The molecule has 1 saturated carbocycles. The molecular weight excluding hydrogens is 536 g/mol. The maximum Gasteiger partial charge on any atom is 0.162 e. The van der Waals surface area contributed by atoms with Gasteiger partial charge in [-0.25, -0.2) is 0 Å². The van der Waals surface area contributed by atoms with Crippen molar-refractivity contribution in [2.75, 3.05) is 0 Å². The van der Waals surface area contributed by atoms with Crippen molar-refractivity contribution >= 4 is 0 Å². The molecule has 0 saturated heterocycles. The van der Waals surface area contributed by atoms with Gasteiger partial charge in [0.25, 0.3) is 0 Å². The van der Waals surface area contributed by atoms with E-state index in [2.05, 4.69) is 62.5 Å². The summed E-state index contributed by atoms with van der Waals surface area (Å²) >= 11 is 0. The summed E-state index contributed by atoms with van der Waals surface area (Å²) in [6.07, 6.45) is 55.7. The first-order valence-electron chi connectivity index (χ1n) is 19.6. The van der Waals surface area contributed by atoms with Crippen LogP contribution in [0.4, 0.5) is 0 Å². The highest BCUT2D eigenvalue weighted by molar-refractivity contribution is 4.93. The van der Waals surface area contributed by atoms with Gasteiger partial charge in [-0.3, -0.25) is 0 Å². The summed E-state index contributed by atoms with van der Waals surface area (Å²) in [5, 5.41) is 20.3. The summed E-state index contributed by atoms with van der Waals surface area (Å²) < 4.78 is 0. The van der Waals surface area contributed by atoms with Crippen molar-refractivity contribution in [2.24, 2.45) is 5.41 Å². The summed E-state index contributed by atoms with van der Waals surface area (Å²) in [6.45, 7) is 4.53. The summed E-state index contributed by atoms with van der Waals surface area (Å²) in [4.78, 5) is 0. The average Bonchev–Trinajstić information content (AvgIpc) is 3.02. The number of rotatable bonds is 30. The molecule has 44 heavy (non-hydrogen) atoms. The SMILES string of the molecule is CCCCC/C=C\C/C=C\CCCCCCCCC1(CCCCCCCC/C=C\C/C=C\CCCCC)CCC(O)(O)CC1. The maximum atomic E-state index is 10.2. The molecule has 0 aromatic carbocycles. The lowest BCUT2D eigenvalue weighted by atomic mass is 9.66. The van der Waals surface area contributed by atoms with E-state index < -0.39 is 5.79 Å². The Kier molecular flexibility index (Phi) is 27.2. The van der Waals surface area contributed by atoms with Gasteiger partial charge in [0.1, 0.15) is 0 Å². The van der Waals surface area contributed by atoms with Crippen LogP contribution < -0.4 is 0 Å². The summed E-state index contributed by atoms with van der Waals surface area (Å²) in [7, 11) is 0. The van der Waals surface area contributed by atoms with Crippen LogP contribution in [-0.4, -0.2) is 16.0 Å². The third-order valence-corrected chi connectivity index (χ3v) is 9.93. The third-order valence-electron chi connectivity index (χ3n) is 9.93. The molecule has 2 nitrogen and oxygen atoms in total. The molecule has 1 aliphatic carbocycles. The molecule has 1 fully saturated rings. The third kappa shape index (κ3) is 25.1. The molecule has 0 unspecified atom stereocenters. The highest BCUT2D eigenvalue weighted by Gasteiger charge is 2.39. The largest absolute Gasteiger partial charge is 0.366 e. The minimum absolute atomic E-state index is 0.361. The maximum absolute atomic E-state index is 10.2. The molecule has 0 bridgehead atoms. The van der Waals surface area contributed by atoms with Gasteiger partial charge in [0.05, 0.1) is 0 Å². The first-order chi connectivity index (χ1) is 21.5. The van der Waals surface area contributed by atoms with Gasteiger partial charge >= 0.3 is 0 Å². The molecule has 0 aromatic heterocycles. The van der Waals surface area contributed by atoms with Crippen molar-refractivity contribution in [1.82, 2.24) is 0 Å². The van der Waals surface area contributed by atoms with Crippen molar-refractivity contribution in [3.05, 3.63) is 48.6 Å². The number of hydrogen-bond donors (Lipinski definition) is 2. The number of allylic oxidation sites excluding steroid dienone is 8. The lowest BCUT2D eigenvalue weighted by Crippen LogP contribution is -2.39. The van der Waals surface area contributed by atoms with Crippen LogP contribution in [0.25, 0.3) is 0 Å². The van der Waals surface area contributed by atoms with Crippen LogP contribution in [0.3, 0.4) is 0 Å². The van der Waals surface area contributed by atoms with E-state index in [1.807, 2.05) is 0 Å². The van der Waals surface area contributed by atoms with Crippen LogP contribution in [0.2, 0.25) is 0 Å². The van der Waals surface area contributed by atoms with E-state index in [4.69, 9.17) is 0 Å². The summed E-state index contributed by atoms with van der Waals surface area (Å²) in [5.41, 5.74) is 0.361. The van der Waals surface area contributed by atoms with Gasteiger partial charge in [0, 0.05) is 12.8 Å². The Bertz CT molecular complexity index is 668. The molecule has 0 spiro atoms. The number of unbranched alkanes of at least 4 members (excludes halogenated alkanes) is 18. The zero-order valence-electron chi connectivity index (χ0n) is 29.7. The molecule has 0 atom stereocenters. The molecule has 2 heteroatoms. The molecule has 0 heterocycles. The summed E-state index contributed by atoms with van der Waals surface area (Å²) in [5.74, 6) is -1.41. The molecule has 1 aliphatic rings. The van der Waals surface area contributed by atoms with Gasteiger partial charge in [-0.2, -0.15) is 0 Å². The van der Waals surface area contributed by atoms with E-state index in [0.717, 1.165) is 25.7 Å². The monoisotopic (exact) mass is 613 g/mol. The van der Waals surface area contributed by atoms with E-state index in [0.29, 0.717) is 18.3 Å². The molecule has 0 amide bonds. The normalized spacial score (nSPS) is 16.8. The van der Waals surface area contributed by atoms with E-state index in [1.54, 1.807) is 0 Å². The van der Waals surface area contributed by atoms with Gasteiger partial charge in [0.2, 0.25) is 0 Å². The molecular formula is C42H76O2. The standard InChI is InChI=1S/C42H76O2/c1-3-5-7-9-11-13-15-17-19-21-23-25-27-29-31-33-35-41(37-39-42(43,44)40-38-41)36-34-32-30-28-26-24-22-20-18-16-14-12-10-8-6-4-2/h11-14,17-20,43-44H,3-10,15-16,21-40H2,1-2H3/b13-11-,14-12-,19-17-,20-18-. The average molecular weight is 613 g/mol. The fourth-order valence-electron chi connectivity index (χ4n) is 6.78. The number of aliphatic hydroxyl groups is 2. The minimum atomic E-state index is -1.41. The van der Waals surface area contributed by atoms with Crippen LogP contribution in [0.15, 0.2) is 48.6 Å². The second-order valence-corrected chi connectivity index (χ2v) is 14.2. The van der Waals surface area contributed by atoms with Crippen molar-refractivity contribution in [1.29, 1.82) is 0 Å². The van der Waals surface area contributed by atoms with Crippen molar-refractivity contribution in [3.63, 3.8) is 0 Å². The molecule has 0 aromatic rings. The van der Waals surface area contributed by atoms with Crippen LogP contribution in [-0.2, 0) is 0 Å². The molecule has 0 aliphatic heterocycles. The predicted molar refractivity (Wildman–Crippen MR) is 196 cm³/mol. The highest BCUT2D eigenvalue weighted by atomic mass is 16.5. The zero-order chi connectivity index (χ0) is 31.9. The van der Waals surface area contributed by atoms with Crippen molar-refractivity contribution < 1.29 is 10.2 Å². The molecule has 1 rings (SSSR count). The van der Waals surface area contributed by atoms with Gasteiger partial charge in [0.15, 0.2) is 5.79 Å². The predicted octanol–water partition coefficient (Wildman–Crippen LogP) is 13.6. The van der Waals surface area contributed by atoms with Gasteiger partial charge in [-0.05, 0) is 95.3 Å². The van der Waals surface area contributed by atoms with Gasteiger partial charge in [-0.1, -0.05) is 152 Å². The zero-order valence-corrected chi connectivity index (χ0v) is 29.7. The Morgan fingerprint density at radius 2 is 0.705 bits per heavy atom. The van der Waals surface area contributed by atoms with Crippen molar-refractivity contribution in [2.45, 2.75) is 212 Å². The van der Waals surface area contributed by atoms with Gasteiger partial charge < -0.3 is 10.2 Å². The van der Waals surface area contributed by atoms with Crippen LogP contribution >= 0.6 is 0 Å². The number of hydrogen-bond acceptors (Lipinski definition) is 2. The second-order valence-electron chi connectivity index (χ2n) is 14.2. The fourth-order valence-corrected chi connectivity index (χ4v) is 6.78. The van der Waals surface area contributed by atoms with Crippen LogP contribution in [0.5, 0.6) is 0 Å². The Labute approximate surface area is 276 Å². The van der Waals surface area contributed by atoms with Crippen LogP contribution in [0.1, 0.15) is 206 Å². The summed E-state index contributed by atoms with van der Waals surface area (Å²) in [6, 6.07) is 0. The van der Waals surface area contributed by atoms with E-state index in [-0.39, 0.29) is 0 Å². The Hall–Kier alpha value is -1.12. The Balaban J connectivity index is 2.09. The second kappa shape index (κ2) is 29.3. The fraction of sp³-hybridized carbons (Fsp3) is 0.810. The molecule has 256 valence electrons. The van der Waals surface area contributed by atoms with Crippen molar-refractivity contribution in [3.8, 4) is 0 Å². The quantitative estimate of drug-likeness (QED) is 0.0481. The molecule has 0 radical (unpaired) electrons. The van der Waals surface area contributed by atoms with E-state index in [1.165, 1.54) is 154 Å². The van der Waals surface area contributed by atoms with E-state index >= 15 is 0 Å². The molecule has 2 N–H and O–H groups in total. The minimum Gasteiger partial charge on any atom is -0.366 e. The van der Waals surface area contributed by atoms with Gasteiger partial charge in [-0.15, -0.1) is 0 Å². The Morgan fingerprint density at radius 1 is 0.386 bits per heavy atom. The topological polar surface area (TPSA) is 40.5 Å². The smallest absolute Gasteiger partial charge is 0.162 e. The van der Waals surface area contributed by atoms with E-state index in [9.17, 15) is 10.2 Å². The lowest BCUT2D eigenvalue weighted by Gasteiger charge is -2.42. The highest BCUT2D eigenvalue weighted by Crippen LogP contribution is 2.47. The first-order valence-corrected chi connectivity index (χ1v) is 19.6.